The van der Waals surface area contributed by atoms with E-state index >= 15 is 0 Å². The van der Waals surface area contributed by atoms with Gasteiger partial charge in [0.1, 0.15) is 11.5 Å². The number of H-pyrrole nitrogens is 2. The van der Waals surface area contributed by atoms with Gasteiger partial charge in [0.2, 0.25) is 0 Å². The molecule has 8 nitrogen and oxygen atoms in total. The monoisotopic (exact) mass is 360 g/mol. The molecule has 1 aliphatic heterocycles. The normalized spacial score (nSPS) is 18.7. The van der Waals surface area contributed by atoms with Crippen LogP contribution in [0.4, 0.5) is 0 Å². The highest BCUT2D eigenvalue weighted by Crippen LogP contribution is 2.29. The minimum Gasteiger partial charge on any atom is -0.292 e. The lowest BCUT2D eigenvalue weighted by molar-refractivity contribution is 0.132. The highest BCUT2D eigenvalue weighted by Gasteiger charge is 2.27. The standard InChI is InChI=1S/C16H17ClN6O2/c17-10-4-5-13-18-11(7-14(24)23(13)8-10)9-22-6-2-1-3-12(22)15-19-16(25)21-20-15/h4-5,7-8,12H,1-3,6,9H2,(H2,19,20,21,25). The number of halogens is 1. The van der Waals surface area contributed by atoms with Gasteiger partial charge in [-0.1, -0.05) is 18.0 Å². The van der Waals surface area contributed by atoms with Gasteiger partial charge in [-0.05, 0) is 31.5 Å². The second-order valence-electron chi connectivity index (χ2n) is 6.21. The van der Waals surface area contributed by atoms with E-state index in [0.717, 1.165) is 25.8 Å². The second-order valence-corrected chi connectivity index (χ2v) is 6.64. The SMILES string of the molecule is O=c1[nH]nc(C2CCCCN2Cc2cc(=O)n3cc(Cl)ccc3n2)[nH]1. The maximum absolute atomic E-state index is 12.3. The van der Waals surface area contributed by atoms with Crippen LogP contribution in [0.3, 0.4) is 0 Å². The average Bonchev–Trinajstić information content (AvgIpc) is 3.02. The van der Waals surface area contributed by atoms with Crippen molar-refractivity contribution in [1.29, 1.82) is 0 Å². The van der Waals surface area contributed by atoms with Crippen LogP contribution in [0.5, 0.6) is 0 Å². The van der Waals surface area contributed by atoms with Crippen LogP contribution < -0.4 is 11.2 Å². The van der Waals surface area contributed by atoms with E-state index in [4.69, 9.17) is 11.6 Å². The maximum atomic E-state index is 12.3. The fourth-order valence-corrected chi connectivity index (χ4v) is 3.51. The van der Waals surface area contributed by atoms with Crippen molar-refractivity contribution >= 4 is 17.2 Å². The molecule has 0 radical (unpaired) electrons. The summed E-state index contributed by atoms with van der Waals surface area (Å²) in [7, 11) is 0. The zero-order valence-corrected chi connectivity index (χ0v) is 14.2. The van der Waals surface area contributed by atoms with Gasteiger partial charge in [-0.25, -0.2) is 14.9 Å². The van der Waals surface area contributed by atoms with Gasteiger partial charge < -0.3 is 0 Å². The Hall–Kier alpha value is -2.45. The Morgan fingerprint density at radius 2 is 2.16 bits per heavy atom. The molecule has 0 saturated carbocycles. The second kappa shape index (κ2) is 6.45. The van der Waals surface area contributed by atoms with Crippen LogP contribution in [-0.2, 0) is 6.54 Å². The van der Waals surface area contributed by atoms with Crippen LogP contribution >= 0.6 is 11.6 Å². The highest BCUT2D eigenvalue weighted by molar-refractivity contribution is 6.30. The molecular weight excluding hydrogens is 344 g/mol. The van der Waals surface area contributed by atoms with E-state index in [2.05, 4.69) is 25.1 Å². The summed E-state index contributed by atoms with van der Waals surface area (Å²) >= 11 is 5.94. The third-order valence-corrected chi connectivity index (χ3v) is 4.71. The number of aromatic nitrogens is 5. The summed E-state index contributed by atoms with van der Waals surface area (Å²) in [5, 5.41) is 6.98. The zero-order chi connectivity index (χ0) is 17.4. The molecule has 9 heteroatoms. The van der Waals surface area contributed by atoms with E-state index in [-0.39, 0.29) is 17.3 Å². The number of hydrogen-bond donors (Lipinski definition) is 2. The number of hydrogen-bond acceptors (Lipinski definition) is 5. The van der Waals surface area contributed by atoms with E-state index in [0.29, 0.717) is 28.7 Å². The number of aromatic amines is 2. The lowest BCUT2D eigenvalue weighted by Gasteiger charge is -2.33. The van der Waals surface area contributed by atoms with Gasteiger partial charge in [-0.3, -0.25) is 19.1 Å². The van der Waals surface area contributed by atoms with Crippen molar-refractivity contribution in [3.05, 3.63) is 61.8 Å². The number of piperidine rings is 1. The van der Waals surface area contributed by atoms with Gasteiger partial charge in [0, 0.05) is 18.8 Å². The molecule has 1 atom stereocenters. The molecule has 1 saturated heterocycles. The molecule has 0 aliphatic carbocycles. The van der Waals surface area contributed by atoms with Crippen molar-refractivity contribution in [2.24, 2.45) is 0 Å². The molecule has 0 spiro atoms. The quantitative estimate of drug-likeness (QED) is 0.737. The van der Waals surface area contributed by atoms with Crippen molar-refractivity contribution in [2.75, 3.05) is 6.54 Å². The third-order valence-electron chi connectivity index (χ3n) is 4.49. The van der Waals surface area contributed by atoms with Crippen molar-refractivity contribution < 1.29 is 0 Å². The Kier molecular flexibility index (Phi) is 4.14. The summed E-state index contributed by atoms with van der Waals surface area (Å²) in [6.07, 6.45) is 4.60. The molecule has 130 valence electrons. The predicted molar refractivity (Wildman–Crippen MR) is 92.7 cm³/mol. The number of pyridine rings is 1. The first kappa shape index (κ1) is 16.0. The summed E-state index contributed by atoms with van der Waals surface area (Å²) < 4.78 is 1.44. The van der Waals surface area contributed by atoms with E-state index in [1.54, 1.807) is 18.3 Å². The maximum Gasteiger partial charge on any atom is 0.340 e. The van der Waals surface area contributed by atoms with E-state index in [1.807, 2.05) is 0 Å². The molecule has 25 heavy (non-hydrogen) atoms. The number of fused-ring (bicyclic) bond motifs is 1. The smallest absolute Gasteiger partial charge is 0.292 e. The van der Waals surface area contributed by atoms with Gasteiger partial charge in [-0.15, -0.1) is 0 Å². The Bertz CT molecular complexity index is 1020. The first-order chi connectivity index (χ1) is 12.1. The topological polar surface area (TPSA) is 99.2 Å². The van der Waals surface area contributed by atoms with Crippen LogP contribution in [0, 0.1) is 0 Å². The minimum absolute atomic E-state index is 0.0122. The average molecular weight is 361 g/mol. The molecule has 2 N–H and O–H groups in total. The molecule has 1 aliphatic rings. The summed E-state index contributed by atoms with van der Waals surface area (Å²) in [6, 6.07) is 4.98. The molecular formula is C16H17ClN6O2. The first-order valence-corrected chi connectivity index (χ1v) is 8.54. The minimum atomic E-state index is -0.306. The fraction of sp³-hybridized carbons (Fsp3) is 0.375. The number of likely N-dealkylation sites (tertiary alicyclic amines) is 1. The molecule has 1 unspecified atom stereocenters. The molecule has 0 amide bonds. The fourth-order valence-electron chi connectivity index (χ4n) is 3.35. The third kappa shape index (κ3) is 3.22. The predicted octanol–water partition coefficient (Wildman–Crippen LogP) is 1.49. The van der Waals surface area contributed by atoms with Gasteiger partial charge >= 0.3 is 5.69 Å². The van der Waals surface area contributed by atoms with E-state index < -0.39 is 0 Å². The largest absolute Gasteiger partial charge is 0.340 e. The van der Waals surface area contributed by atoms with Crippen molar-refractivity contribution in [3.63, 3.8) is 0 Å². The molecule has 0 bridgehead atoms. The van der Waals surface area contributed by atoms with Gasteiger partial charge in [0.15, 0.2) is 0 Å². The zero-order valence-electron chi connectivity index (χ0n) is 13.4. The van der Waals surface area contributed by atoms with Crippen LogP contribution in [0.2, 0.25) is 5.02 Å². The Morgan fingerprint density at radius 3 is 2.96 bits per heavy atom. The molecule has 3 aromatic heterocycles. The van der Waals surface area contributed by atoms with Gasteiger partial charge in [0.05, 0.1) is 16.8 Å². The highest BCUT2D eigenvalue weighted by atomic mass is 35.5. The Labute approximate surface area is 147 Å². The van der Waals surface area contributed by atoms with Crippen LogP contribution in [-0.4, -0.2) is 36.0 Å². The molecule has 4 heterocycles. The lowest BCUT2D eigenvalue weighted by atomic mass is 10.0. The van der Waals surface area contributed by atoms with Crippen LogP contribution in [0.25, 0.3) is 5.65 Å². The van der Waals surface area contributed by atoms with Crippen LogP contribution in [0.1, 0.15) is 36.8 Å². The molecule has 1 fully saturated rings. The van der Waals surface area contributed by atoms with E-state index in [9.17, 15) is 9.59 Å². The van der Waals surface area contributed by atoms with Crippen molar-refractivity contribution in [1.82, 2.24) is 29.5 Å². The lowest BCUT2D eigenvalue weighted by Crippen LogP contribution is -2.34. The summed E-state index contributed by atoms with van der Waals surface area (Å²) in [5.41, 5.74) is 0.787. The van der Waals surface area contributed by atoms with E-state index in [1.165, 1.54) is 10.5 Å². The van der Waals surface area contributed by atoms with Crippen LogP contribution in [0.15, 0.2) is 34.0 Å². The van der Waals surface area contributed by atoms with Crippen molar-refractivity contribution in [2.45, 2.75) is 31.8 Å². The summed E-state index contributed by atoms with van der Waals surface area (Å²) in [5.74, 6) is 0.633. The van der Waals surface area contributed by atoms with Gasteiger partial charge in [0.25, 0.3) is 5.56 Å². The Morgan fingerprint density at radius 1 is 1.28 bits per heavy atom. The number of rotatable bonds is 3. The molecule has 0 aromatic carbocycles. The van der Waals surface area contributed by atoms with Crippen molar-refractivity contribution in [3.8, 4) is 0 Å². The first-order valence-electron chi connectivity index (χ1n) is 8.16. The summed E-state index contributed by atoms with van der Waals surface area (Å²) in [6.45, 7) is 1.38. The number of nitrogens with zero attached hydrogens (tertiary/aromatic N) is 4. The molecule has 3 aromatic rings. The Balaban J connectivity index is 1.65. The number of nitrogens with one attached hydrogen (secondary N) is 2. The summed E-state index contributed by atoms with van der Waals surface area (Å²) in [4.78, 5) is 33.2. The van der Waals surface area contributed by atoms with Gasteiger partial charge in [-0.2, -0.15) is 5.10 Å². The molecule has 4 rings (SSSR count).